The van der Waals surface area contributed by atoms with Crippen LogP contribution in [0.2, 0.25) is 0 Å². The van der Waals surface area contributed by atoms with Crippen LogP contribution in [0.25, 0.3) is 0 Å². The summed E-state index contributed by atoms with van der Waals surface area (Å²) < 4.78 is 0. The lowest BCUT2D eigenvalue weighted by molar-refractivity contribution is -0.383. The summed E-state index contributed by atoms with van der Waals surface area (Å²) in [5, 5.41) is 21.3. The summed E-state index contributed by atoms with van der Waals surface area (Å²) in [7, 11) is 0. The van der Waals surface area contributed by atoms with Crippen molar-refractivity contribution in [3.63, 3.8) is 0 Å². The number of nitro groups is 1. The third kappa shape index (κ3) is 2.49. The van der Waals surface area contributed by atoms with Gasteiger partial charge in [0.05, 0.1) is 11.0 Å². The zero-order chi connectivity index (χ0) is 13.3. The van der Waals surface area contributed by atoms with Crippen LogP contribution in [-0.2, 0) is 0 Å². The zero-order valence-electron chi connectivity index (χ0n) is 10.6. The molecule has 0 bridgehead atoms. The Labute approximate surface area is 110 Å². The second-order valence-corrected chi connectivity index (χ2v) is 5.84. The van der Waals surface area contributed by atoms with Gasteiger partial charge in [0.1, 0.15) is 0 Å². The van der Waals surface area contributed by atoms with Gasteiger partial charge in [0, 0.05) is 24.0 Å². The molecule has 1 fully saturated rings. The van der Waals surface area contributed by atoms with E-state index in [9.17, 15) is 15.2 Å². The highest BCUT2D eigenvalue weighted by molar-refractivity contribution is 7.16. The van der Waals surface area contributed by atoms with E-state index in [0.717, 1.165) is 25.9 Å². The third-order valence-electron chi connectivity index (χ3n) is 3.47. The quantitative estimate of drug-likeness (QED) is 0.674. The number of nitrogens with zero attached hydrogens (tertiary/aromatic N) is 2. The maximum Gasteiger partial charge on any atom is 0.304 e. The Morgan fingerprint density at radius 1 is 1.72 bits per heavy atom. The van der Waals surface area contributed by atoms with Crippen LogP contribution in [0.15, 0.2) is 6.07 Å². The van der Waals surface area contributed by atoms with Crippen LogP contribution in [0.5, 0.6) is 0 Å². The third-order valence-corrected chi connectivity index (χ3v) is 4.83. The molecule has 1 unspecified atom stereocenters. The van der Waals surface area contributed by atoms with Gasteiger partial charge in [-0.15, -0.1) is 11.3 Å². The molecule has 1 aromatic heterocycles. The summed E-state index contributed by atoms with van der Waals surface area (Å²) in [5.74, 6) is 0.627. The van der Waals surface area contributed by atoms with Crippen LogP contribution in [-0.4, -0.2) is 23.1 Å². The van der Waals surface area contributed by atoms with Crippen molar-refractivity contribution in [3.8, 4) is 0 Å². The van der Waals surface area contributed by atoms with Crippen molar-refractivity contribution >= 4 is 22.0 Å². The van der Waals surface area contributed by atoms with Gasteiger partial charge < -0.3 is 10.0 Å². The van der Waals surface area contributed by atoms with E-state index in [-0.39, 0.29) is 10.6 Å². The molecule has 1 aliphatic heterocycles. The normalized spacial score (nSPS) is 21.3. The van der Waals surface area contributed by atoms with E-state index in [2.05, 4.69) is 11.8 Å². The fraction of sp³-hybridized carbons (Fsp3) is 0.667. The van der Waals surface area contributed by atoms with Gasteiger partial charge in [0.15, 0.2) is 5.00 Å². The Hall–Kier alpha value is -1.14. The van der Waals surface area contributed by atoms with Crippen LogP contribution in [0, 0.1) is 16.0 Å². The largest absolute Gasteiger partial charge is 0.388 e. The molecule has 0 aliphatic carbocycles. The van der Waals surface area contributed by atoms with E-state index in [0.29, 0.717) is 15.8 Å². The van der Waals surface area contributed by atoms with Crippen LogP contribution in [0.4, 0.5) is 10.7 Å². The van der Waals surface area contributed by atoms with Crippen molar-refractivity contribution in [2.45, 2.75) is 32.8 Å². The van der Waals surface area contributed by atoms with Gasteiger partial charge in [-0.3, -0.25) is 10.1 Å². The standard InChI is InChI=1S/C12H18N2O3S/c1-3-9-4-5-13(7-9)12-10(14(16)17)6-11(18-12)8(2)15/h6,8-9,15H,3-5,7H2,1-2H3/t8-,9?/m1/s1. The molecule has 1 aromatic rings. The second-order valence-electron chi connectivity index (χ2n) is 4.78. The first-order valence-corrected chi connectivity index (χ1v) is 7.05. The van der Waals surface area contributed by atoms with Gasteiger partial charge in [-0.05, 0) is 19.3 Å². The van der Waals surface area contributed by atoms with Gasteiger partial charge in [-0.2, -0.15) is 0 Å². The predicted octanol–water partition coefficient (Wildman–Crippen LogP) is 2.95. The average molecular weight is 270 g/mol. The molecule has 0 spiro atoms. The van der Waals surface area contributed by atoms with E-state index in [1.54, 1.807) is 6.92 Å². The van der Waals surface area contributed by atoms with Crippen LogP contribution >= 0.6 is 11.3 Å². The van der Waals surface area contributed by atoms with Gasteiger partial charge in [-0.1, -0.05) is 13.3 Å². The summed E-state index contributed by atoms with van der Waals surface area (Å²) in [6.07, 6.45) is 1.56. The summed E-state index contributed by atoms with van der Waals surface area (Å²) in [6, 6.07) is 1.50. The van der Waals surface area contributed by atoms with Gasteiger partial charge in [0.2, 0.25) is 0 Å². The molecule has 1 aliphatic rings. The van der Waals surface area contributed by atoms with Crippen molar-refractivity contribution in [2.24, 2.45) is 5.92 Å². The lowest BCUT2D eigenvalue weighted by Gasteiger charge is -2.15. The topological polar surface area (TPSA) is 66.6 Å². The summed E-state index contributed by atoms with van der Waals surface area (Å²) in [4.78, 5) is 13.5. The molecule has 2 rings (SSSR count). The molecular weight excluding hydrogens is 252 g/mol. The van der Waals surface area contributed by atoms with Gasteiger partial charge in [-0.25, -0.2) is 0 Å². The Morgan fingerprint density at radius 2 is 2.44 bits per heavy atom. The van der Waals surface area contributed by atoms with Crippen molar-refractivity contribution in [3.05, 3.63) is 21.1 Å². The fourth-order valence-electron chi connectivity index (χ4n) is 2.30. The number of anilines is 1. The Balaban J connectivity index is 2.28. The molecule has 0 amide bonds. The molecule has 2 atom stereocenters. The van der Waals surface area contributed by atoms with Crippen LogP contribution < -0.4 is 4.90 Å². The van der Waals surface area contributed by atoms with Crippen LogP contribution in [0.1, 0.15) is 37.7 Å². The predicted molar refractivity (Wildman–Crippen MR) is 72.2 cm³/mol. The second kappa shape index (κ2) is 5.24. The molecular formula is C12H18N2O3S. The minimum Gasteiger partial charge on any atom is -0.388 e. The molecule has 18 heavy (non-hydrogen) atoms. The highest BCUT2D eigenvalue weighted by Gasteiger charge is 2.30. The first-order valence-electron chi connectivity index (χ1n) is 6.24. The van der Waals surface area contributed by atoms with Crippen molar-refractivity contribution in [1.82, 2.24) is 0 Å². The number of hydrogen-bond acceptors (Lipinski definition) is 5. The number of hydrogen-bond donors (Lipinski definition) is 1. The minimum absolute atomic E-state index is 0.132. The van der Waals surface area contributed by atoms with E-state index >= 15 is 0 Å². The van der Waals surface area contributed by atoms with Crippen LogP contribution in [0.3, 0.4) is 0 Å². The first-order chi connectivity index (χ1) is 8.52. The monoisotopic (exact) mass is 270 g/mol. The molecule has 2 heterocycles. The van der Waals surface area contributed by atoms with Gasteiger partial charge in [0.25, 0.3) is 0 Å². The first kappa shape index (κ1) is 13.3. The smallest absolute Gasteiger partial charge is 0.304 e. The number of rotatable bonds is 4. The molecule has 5 nitrogen and oxygen atoms in total. The lowest BCUT2D eigenvalue weighted by atomic mass is 10.1. The SMILES string of the molecule is CCC1CCN(c2sc([C@@H](C)O)cc2[N+](=O)[O-])C1. The number of aliphatic hydroxyl groups is 1. The zero-order valence-corrected chi connectivity index (χ0v) is 11.4. The fourth-order valence-corrected chi connectivity index (χ4v) is 3.40. The Bertz CT molecular complexity index is 445. The highest BCUT2D eigenvalue weighted by atomic mass is 32.1. The maximum atomic E-state index is 11.1. The average Bonchev–Trinajstić information content (AvgIpc) is 2.95. The van der Waals surface area contributed by atoms with E-state index < -0.39 is 6.10 Å². The van der Waals surface area contributed by atoms with E-state index in [1.165, 1.54) is 17.4 Å². The van der Waals surface area contributed by atoms with Crippen molar-refractivity contribution < 1.29 is 10.0 Å². The van der Waals surface area contributed by atoms with E-state index in [1.807, 2.05) is 0 Å². The van der Waals surface area contributed by atoms with Crippen molar-refractivity contribution in [2.75, 3.05) is 18.0 Å². The minimum atomic E-state index is -0.646. The molecule has 100 valence electrons. The Kier molecular flexibility index (Phi) is 3.87. The summed E-state index contributed by atoms with van der Waals surface area (Å²) in [6.45, 7) is 5.55. The molecule has 1 saturated heterocycles. The Morgan fingerprint density at radius 3 is 2.94 bits per heavy atom. The van der Waals surface area contributed by atoms with Gasteiger partial charge >= 0.3 is 5.69 Å². The molecule has 6 heteroatoms. The number of thiophene rings is 1. The molecule has 0 radical (unpaired) electrons. The number of aliphatic hydroxyl groups excluding tert-OH is 1. The molecule has 0 aromatic carbocycles. The summed E-state index contributed by atoms with van der Waals surface area (Å²) >= 11 is 1.34. The molecule has 1 N–H and O–H groups in total. The van der Waals surface area contributed by atoms with Crippen molar-refractivity contribution in [1.29, 1.82) is 0 Å². The highest BCUT2D eigenvalue weighted by Crippen LogP contribution is 2.42. The summed E-state index contributed by atoms with van der Waals surface area (Å²) in [5.41, 5.74) is 0.132. The maximum absolute atomic E-state index is 11.1. The lowest BCUT2D eigenvalue weighted by Crippen LogP contribution is -2.19. The van der Waals surface area contributed by atoms with E-state index in [4.69, 9.17) is 0 Å². The molecule has 0 saturated carbocycles.